The molecule has 6 nitrogen and oxygen atoms in total. The van der Waals surface area contributed by atoms with Gasteiger partial charge in [-0.2, -0.15) is 18.3 Å². The van der Waals surface area contributed by atoms with E-state index in [4.69, 9.17) is 5.10 Å². The van der Waals surface area contributed by atoms with Gasteiger partial charge in [-0.3, -0.25) is 14.6 Å². The van der Waals surface area contributed by atoms with Gasteiger partial charge in [-0.1, -0.05) is 0 Å². The van der Waals surface area contributed by atoms with Crippen molar-refractivity contribution in [2.24, 2.45) is 17.3 Å². The van der Waals surface area contributed by atoms with E-state index in [1.807, 2.05) is 24.6 Å². The van der Waals surface area contributed by atoms with E-state index in [0.717, 1.165) is 50.2 Å². The fourth-order valence-electron chi connectivity index (χ4n) is 7.12. The molecule has 10 heteroatoms. The lowest BCUT2D eigenvalue weighted by molar-refractivity contribution is -0.137. The number of hydrogen-bond acceptors (Lipinski definition) is 5. The van der Waals surface area contributed by atoms with Crippen molar-refractivity contribution in [2.45, 2.75) is 57.3 Å². The second-order valence-electron chi connectivity index (χ2n) is 11.2. The zero-order valence-corrected chi connectivity index (χ0v) is 20.1. The SMILES string of the molecule is CC(C)n1nc(-c2cc(C(F)(F)F)ccn2)cc1[C@@H]1C2C[C@H]1C[C@@H]2N1CCC2(C1)CS(=O)(=O)C2. The third kappa shape index (κ3) is 3.51. The molecular weight excluding hydrogens is 465 g/mol. The number of fused-ring (bicyclic) bond motifs is 1. The van der Waals surface area contributed by atoms with Gasteiger partial charge < -0.3 is 0 Å². The smallest absolute Gasteiger partial charge is 0.299 e. The van der Waals surface area contributed by atoms with E-state index in [-0.39, 0.29) is 17.2 Å². The zero-order chi connectivity index (χ0) is 24.0. The van der Waals surface area contributed by atoms with Crippen molar-refractivity contribution in [3.63, 3.8) is 0 Å². The number of aromatic nitrogens is 3. The first-order valence-electron chi connectivity index (χ1n) is 12.0. The summed E-state index contributed by atoms with van der Waals surface area (Å²) in [7, 11) is -2.84. The fraction of sp³-hybridized carbons (Fsp3) is 0.667. The standard InChI is InChI=1S/C24H29F3N4O2S/c1-14(2)31-21(10-19(29-31)18-9-16(3-5-28-18)24(25,26)27)22-15-7-17(22)20(8-15)30-6-4-23(11-30)12-34(32,33)13-23/h3,5,9-10,14-15,17,20,22H,4,6-8,11-13H2,1-2H3/t15-,17?,20-,22-/m0/s1. The molecule has 1 spiro atoms. The maximum absolute atomic E-state index is 13.2. The quantitative estimate of drug-likeness (QED) is 0.639. The first-order chi connectivity index (χ1) is 15.9. The van der Waals surface area contributed by atoms with Crippen LogP contribution in [0.25, 0.3) is 11.4 Å². The minimum Gasteiger partial charge on any atom is -0.299 e. The molecule has 4 heterocycles. The molecule has 34 heavy (non-hydrogen) atoms. The molecule has 7 rings (SSSR count). The summed E-state index contributed by atoms with van der Waals surface area (Å²) in [5.41, 5.74) is 1.06. The number of alkyl halides is 3. The average Bonchev–Trinajstić information content (AvgIpc) is 3.47. The van der Waals surface area contributed by atoms with Gasteiger partial charge in [-0.25, -0.2) is 8.42 Å². The lowest BCUT2D eigenvalue weighted by Gasteiger charge is -2.41. The Morgan fingerprint density at radius 3 is 2.59 bits per heavy atom. The summed E-state index contributed by atoms with van der Waals surface area (Å²) >= 11 is 0. The second-order valence-corrected chi connectivity index (χ2v) is 13.2. The van der Waals surface area contributed by atoms with E-state index < -0.39 is 21.6 Å². The first kappa shape index (κ1) is 22.5. The summed E-state index contributed by atoms with van der Waals surface area (Å²) in [5, 5.41) is 4.69. The molecule has 0 aromatic carbocycles. The van der Waals surface area contributed by atoms with Crippen LogP contribution in [0, 0.1) is 17.3 Å². The molecule has 3 aliphatic carbocycles. The summed E-state index contributed by atoms with van der Waals surface area (Å²) in [6.45, 7) is 5.91. The molecule has 1 unspecified atom stereocenters. The minimum atomic E-state index is -4.42. The van der Waals surface area contributed by atoms with Gasteiger partial charge in [0.1, 0.15) is 5.69 Å². The van der Waals surface area contributed by atoms with Crippen LogP contribution in [0.1, 0.15) is 56.3 Å². The van der Waals surface area contributed by atoms with Crippen molar-refractivity contribution < 1.29 is 21.6 Å². The van der Waals surface area contributed by atoms with Crippen molar-refractivity contribution >= 4 is 9.84 Å². The van der Waals surface area contributed by atoms with Crippen molar-refractivity contribution in [2.75, 3.05) is 24.6 Å². The maximum atomic E-state index is 13.2. The minimum absolute atomic E-state index is 0.0383. The highest BCUT2D eigenvalue weighted by molar-refractivity contribution is 7.92. The fourth-order valence-corrected chi connectivity index (χ4v) is 9.38. The van der Waals surface area contributed by atoms with Crippen LogP contribution in [0.2, 0.25) is 0 Å². The summed E-state index contributed by atoms with van der Waals surface area (Å²) in [5.74, 6) is 2.00. The molecule has 0 N–H and O–H groups in total. The lowest BCUT2D eigenvalue weighted by Crippen LogP contribution is -2.51. The highest BCUT2D eigenvalue weighted by atomic mass is 32.2. The molecule has 5 aliphatic rings. The Kier molecular flexibility index (Phi) is 4.83. The van der Waals surface area contributed by atoms with Crippen LogP contribution in [0.5, 0.6) is 0 Å². The molecule has 2 bridgehead atoms. The van der Waals surface area contributed by atoms with Gasteiger partial charge >= 0.3 is 6.18 Å². The number of halogens is 3. The van der Waals surface area contributed by atoms with E-state index in [1.165, 1.54) is 6.20 Å². The first-order valence-corrected chi connectivity index (χ1v) is 13.8. The molecular formula is C24H29F3N4O2S. The van der Waals surface area contributed by atoms with E-state index in [9.17, 15) is 21.6 Å². The number of rotatable bonds is 4. The van der Waals surface area contributed by atoms with E-state index in [0.29, 0.717) is 41.0 Å². The van der Waals surface area contributed by atoms with Gasteiger partial charge in [0.2, 0.25) is 0 Å². The molecule has 3 saturated carbocycles. The molecule has 0 amide bonds. The number of sulfone groups is 1. The van der Waals surface area contributed by atoms with Gasteiger partial charge in [0.25, 0.3) is 0 Å². The molecule has 2 saturated heterocycles. The predicted molar refractivity (Wildman–Crippen MR) is 121 cm³/mol. The van der Waals surface area contributed by atoms with E-state index in [1.54, 1.807) is 0 Å². The largest absolute Gasteiger partial charge is 0.416 e. The average molecular weight is 495 g/mol. The second kappa shape index (κ2) is 7.29. The highest BCUT2D eigenvalue weighted by Crippen LogP contribution is 2.61. The monoisotopic (exact) mass is 494 g/mol. The van der Waals surface area contributed by atoms with Gasteiger partial charge in [-0.15, -0.1) is 0 Å². The van der Waals surface area contributed by atoms with Crippen molar-refractivity contribution in [1.29, 1.82) is 0 Å². The number of likely N-dealkylation sites (tertiary alicyclic amines) is 1. The Morgan fingerprint density at radius 1 is 1.15 bits per heavy atom. The van der Waals surface area contributed by atoms with Gasteiger partial charge in [0, 0.05) is 41.9 Å². The molecule has 2 aromatic heterocycles. The van der Waals surface area contributed by atoms with Crippen molar-refractivity contribution in [3.05, 3.63) is 35.7 Å². The molecule has 0 radical (unpaired) electrons. The van der Waals surface area contributed by atoms with E-state index >= 15 is 0 Å². The molecule has 184 valence electrons. The highest BCUT2D eigenvalue weighted by Gasteiger charge is 2.60. The molecule has 2 aliphatic heterocycles. The maximum Gasteiger partial charge on any atom is 0.416 e. The van der Waals surface area contributed by atoms with Crippen LogP contribution >= 0.6 is 0 Å². The Morgan fingerprint density at radius 2 is 1.91 bits per heavy atom. The summed E-state index contributed by atoms with van der Waals surface area (Å²) in [6.07, 6.45) is -0.0242. The Balaban J connectivity index is 1.25. The van der Waals surface area contributed by atoms with E-state index in [2.05, 4.69) is 9.88 Å². The number of nitrogens with zero attached hydrogens (tertiary/aromatic N) is 4. The van der Waals surface area contributed by atoms with Crippen LogP contribution in [0.4, 0.5) is 13.2 Å². The topological polar surface area (TPSA) is 68.1 Å². The van der Waals surface area contributed by atoms with Gasteiger partial charge in [0.05, 0.1) is 22.8 Å². The third-order valence-electron chi connectivity index (χ3n) is 8.52. The lowest BCUT2D eigenvalue weighted by atomic mass is 9.69. The third-order valence-corrected chi connectivity index (χ3v) is 10.6. The van der Waals surface area contributed by atoms with Gasteiger partial charge in [0.15, 0.2) is 9.84 Å². The van der Waals surface area contributed by atoms with Crippen molar-refractivity contribution in [1.82, 2.24) is 19.7 Å². The Bertz CT molecular complexity index is 1230. The normalized spacial score (nSPS) is 31.7. The van der Waals surface area contributed by atoms with Gasteiger partial charge in [-0.05, 0) is 69.7 Å². The Labute approximate surface area is 197 Å². The van der Waals surface area contributed by atoms with Crippen LogP contribution < -0.4 is 0 Å². The Hall–Kier alpha value is -1.94. The molecule has 5 fully saturated rings. The zero-order valence-electron chi connectivity index (χ0n) is 19.3. The summed E-state index contributed by atoms with van der Waals surface area (Å²) in [4.78, 5) is 6.70. The predicted octanol–water partition coefficient (Wildman–Crippen LogP) is 4.16. The van der Waals surface area contributed by atoms with Crippen molar-refractivity contribution in [3.8, 4) is 11.4 Å². The van der Waals surface area contributed by atoms with Crippen LogP contribution in [-0.2, 0) is 16.0 Å². The van der Waals surface area contributed by atoms with Crippen LogP contribution in [-0.4, -0.2) is 58.7 Å². The summed E-state index contributed by atoms with van der Waals surface area (Å²) < 4.78 is 65.2. The number of pyridine rings is 1. The van der Waals surface area contributed by atoms with Crippen LogP contribution in [0.3, 0.4) is 0 Å². The molecule has 2 aromatic rings. The van der Waals surface area contributed by atoms with Crippen LogP contribution in [0.15, 0.2) is 24.4 Å². The molecule has 4 atom stereocenters. The summed E-state index contributed by atoms with van der Waals surface area (Å²) in [6, 6.07) is 4.53. The number of hydrogen-bond donors (Lipinski definition) is 0.